The Balaban J connectivity index is 1.39. The summed E-state index contributed by atoms with van der Waals surface area (Å²) in [7, 11) is 0. The summed E-state index contributed by atoms with van der Waals surface area (Å²) < 4.78 is 24.4. The minimum Gasteiger partial charge on any atom is -0.481 e. The highest BCUT2D eigenvalue weighted by molar-refractivity contribution is 5.77. The molecule has 1 fully saturated rings. The molecule has 2 aromatic rings. The van der Waals surface area contributed by atoms with Crippen molar-refractivity contribution < 1.29 is 18.7 Å². The predicted octanol–water partition coefficient (Wildman–Crippen LogP) is 2.22. The highest BCUT2D eigenvalue weighted by Crippen LogP contribution is 2.15. The molecule has 0 saturated carbocycles. The predicted molar refractivity (Wildman–Crippen MR) is 96.4 cm³/mol. The van der Waals surface area contributed by atoms with Gasteiger partial charge >= 0.3 is 0 Å². The Labute approximate surface area is 152 Å². The highest BCUT2D eigenvalue weighted by Gasteiger charge is 2.21. The van der Waals surface area contributed by atoms with Crippen molar-refractivity contribution in [2.75, 3.05) is 32.8 Å². The minimum atomic E-state index is -0.479. The van der Waals surface area contributed by atoms with Crippen LogP contribution in [0.1, 0.15) is 5.56 Å². The first-order chi connectivity index (χ1) is 12.7. The quantitative estimate of drug-likeness (QED) is 0.825. The molecule has 5 nitrogen and oxygen atoms in total. The maximum absolute atomic E-state index is 13.5. The molecule has 1 unspecified atom stereocenters. The maximum Gasteiger partial charge on any atom is 0.258 e. The molecule has 1 atom stereocenters. The fraction of sp³-hybridized carbons (Fsp3) is 0.350. The van der Waals surface area contributed by atoms with Crippen LogP contribution in [-0.4, -0.2) is 49.8 Å². The third-order valence-electron chi connectivity index (χ3n) is 4.19. The van der Waals surface area contributed by atoms with E-state index in [2.05, 4.69) is 22.3 Å². The number of morpholine rings is 1. The molecule has 2 aromatic carbocycles. The van der Waals surface area contributed by atoms with Gasteiger partial charge in [0.05, 0.1) is 12.7 Å². The van der Waals surface area contributed by atoms with E-state index < -0.39 is 5.82 Å². The lowest BCUT2D eigenvalue weighted by molar-refractivity contribution is -0.124. The summed E-state index contributed by atoms with van der Waals surface area (Å²) in [6.45, 7) is 3.31. The number of benzene rings is 2. The molecule has 0 spiro atoms. The van der Waals surface area contributed by atoms with Crippen LogP contribution in [0, 0.1) is 5.82 Å². The van der Waals surface area contributed by atoms with Gasteiger partial charge in [-0.2, -0.15) is 0 Å². The van der Waals surface area contributed by atoms with Gasteiger partial charge in [-0.25, -0.2) is 4.39 Å². The molecular weight excluding hydrogens is 335 g/mol. The molecule has 0 aromatic heterocycles. The fourth-order valence-corrected chi connectivity index (χ4v) is 2.87. The third-order valence-corrected chi connectivity index (χ3v) is 4.19. The molecule has 3 rings (SSSR count). The minimum absolute atomic E-state index is 0.0649. The zero-order valence-electron chi connectivity index (χ0n) is 14.6. The molecule has 1 N–H and O–H groups in total. The van der Waals surface area contributed by atoms with Crippen molar-refractivity contribution in [1.82, 2.24) is 10.2 Å². The Morgan fingerprint density at radius 2 is 1.96 bits per heavy atom. The van der Waals surface area contributed by atoms with Gasteiger partial charge in [0.25, 0.3) is 5.91 Å². The molecule has 0 bridgehead atoms. The standard InChI is InChI=1S/C20H23FN2O3/c21-18-8-4-5-9-19(18)26-15-20(24)22-12-17-14-23(10-11-25-17)13-16-6-2-1-3-7-16/h1-9,17H,10-15H2,(H,22,24). The van der Waals surface area contributed by atoms with E-state index in [1.807, 2.05) is 18.2 Å². The van der Waals surface area contributed by atoms with Crippen LogP contribution in [0.25, 0.3) is 0 Å². The number of nitrogens with one attached hydrogen (secondary N) is 1. The number of para-hydroxylation sites is 1. The van der Waals surface area contributed by atoms with Crippen LogP contribution in [0.15, 0.2) is 54.6 Å². The average molecular weight is 358 g/mol. The summed E-state index contributed by atoms with van der Waals surface area (Å²) in [5, 5.41) is 2.79. The summed E-state index contributed by atoms with van der Waals surface area (Å²) in [6, 6.07) is 16.3. The number of ether oxygens (including phenoxy) is 2. The fourth-order valence-electron chi connectivity index (χ4n) is 2.87. The molecule has 1 amide bonds. The van der Waals surface area contributed by atoms with E-state index in [9.17, 15) is 9.18 Å². The Kier molecular flexibility index (Phi) is 6.57. The second-order valence-corrected chi connectivity index (χ2v) is 6.24. The topological polar surface area (TPSA) is 50.8 Å². The maximum atomic E-state index is 13.5. The van der Waals surface area contributed by atoms with Gasteiger partial charge in [-0.3, -0.25) is 9.69 Å². The summed E-state index contributed by atoms with van der Waals surface area (Å²) in [4.78, 5) is 14.2. The molecule has 0 aliphatic carbocycles. The van der Waals surface area contributed by atoms with Gasteiger partial charge in [-0.15, -0.1) is 0 Å². The Morgan fingerprint density at radius 3 is 2.77 bits per heavy atom. The van der Waals surface area contributed by atoms with E-state index in [0.29, 0.717) is 13.2 Å². The Morgan fingerprint density at radius 1 is 1.19 bits per heavy atom. The van der Waals surface area contributed by atoms with Gasteiger partial charge < -0.3 is 14.8 Å². The molecular formula is C20H23FN2O3. The largest absolute Gasteiger partial charge is 0.481 e. The zero-order valence-corrected chi connectivity index (χ0v) is 14.6. The number of hydrogen-bond donors (Lipinski definition) is 1. The van der Waals surface area contributed by atoms with Crippen molar-refractivity contribution in [2.45, 2.75) is 12.6 Å². The van der Waals surface area contributed by atoms with Crippen LogP contribution in [0.3, 0.4) is 0 Å². The number of nitrogens with zero attached hydrogens (tertiary/aromatic N) is 1. The number of halogens is 1. The third kappa shape index (κ3) is 5.54. The molecule has 6 heteroatoms. The molecule has 1 aliphatic heterocycles. The lowest BCUT2D eigenvalue weighted by atomic mass is 10.2. The van der Waals surface area contributed by atoms with Gasteiger partial charge in [0.1, 0.15) is 0 Å². The van der Waals surface area contributed by atoms with E-state index in [4.69, 9.17) is 9.47 Å². The van der Waals surface area contributed by atoms with Crippen molar-refractivity contribution in [3.8, 4) is 5.75 Å². The number of hydrogen-bond acceptors (Lipinski definition) is 4. The monoisotopic (exact) mass is 358 g/mol. The lowest BCUT2D eigenvalue weighted by Crippen LogP contribution is -2.47. The van der Waals surface area contributed by atoms with E-state index in [0.717, 1.165) is 19.6 Å². The van der Waals surface area contributed by atoms with Crippen molar-refractivity contribution in [1.29, 1.82) is 0 Å². The molecule has 26 heavy (non-hydrogen) atoms. The van der Waals surface area contributed by atoms with E-state index in [1.165, 1.54) is 17.7 Å². The average Bonchev–Trinajstić information content (AvgIpc) is 2.67. The molecule has 1 saturated heterocycles. The van der Waals surface area contributed by atoms with Gasteiger partial charge in [-0.05, 0) is 17.7 Å². The number of rotatable bonds is 7. The van der Waals surface area contributed by atoms with Gasteiger partial charge in [0.15, 0.2) is 18.2 Å². The lowest BCUT2D eigenvalue weighted by Gasteiger charge is -2.33. The number of amides is 1. The molecule has 1 heterocycles. The van der Waals surface area contributed by atoms with Crippen molar-refractivity contribution in [2.24, 2.45) is 0 Å². The molecule has 1 aliphatic rings. The van der Waals surface area contributed by atoms with Gasteiger partial charge in [0.2, 0.25) is 0 Å². The van der Waals surface area contributed by atoms with E-state index in [1.54, 1.807) is 12.1 Å². The van der Waals surface area contributed by atoms with E-state index >= 15 is 0 Å². The van der Waals surface area contributed by atoms with Crippen LogP contribution in [0.2, 0.25) is 0 Å². The number of carbonyl (C=O) groups excluding carboxylic acids is 1. The second kappa shape index (κ2) is 9.31. The summed E-state index contributed by atoms with van der Waals surface area (Å²) in [5.41, 5.74) is 1.26. The van der Waals surface area contributed by atoms with Gasteiger partial charge in [-0.1, -0.05) is 42.5 Å². The number of carbonyl (C=O) groups is 1. The highest BCUT2D eigenvalue weighted by atomic mass is 19.1. The Hall–Kier alpha value is -2.44. The first kappa shape index (κ1) is 18.4. The van der Waals surface area contributed by atoms with Crippen LogP contribution in [0.4, 0.5) is 4.39 Å². The SMILES string of the molecule is O=C(COc1ccccc1F)NCC1CN(Cc2ccccc2)CCO1. The first-order valence-corrected chi connectivity index (χ1v) is 8.72. The van der Waals surface area contributed by atoms with Crippen LogP contribution < -0.4 is 10.1 Å². The summed E-state index contributed by atoms with van der Waals surface area (Å²) in [5.74, 6) is -0.699. The molecule has 0 radical (unpaired) electrons. The Bertz CT molecular complexity index is 711. The smallest absolute Gasteiger partial charge is 0.258 e. The zero-order chi connectivity index (χ0) is 18.2. The first-order valence-electron chi connectivity index (χ1n) is 8.72. The van der Waals surface area contributed by atoms with Crippen molar-refractivity contribution in [3.63, 3.8) is 0 Å². The van der Waals surface area contributed by atoms with Crippen molar-refractivity contribution >= 4 is 5.91 Å². The van der Waals surface area contributed by atoms with Crippen LogP contribution in [-0.2, 0) is 16.1 Å². The van der Waals surface area contributed by atoms with Gasteiger partial charge in [0, 0.05) is 26.2 Å². The van der Waals surface area contributed by atoms with Crippen LogP contribution in [0.5, 0.6) is 5.75 Å². The molecule has 138 valence electrons. The second-order valence-electron chi connectivity index (χ2n) is 6.24. The summed E-state index contributed by atoms with van der Waals surface area (Å²) >= 11 is 0. The van der Waals surface area contributed by atoms with Crippen LogP contribution >= 0.6 is 0 Å². The summed E-state index contributed by atoms with van der Waals surface area (Å²) in [6.07, 6.45) is -0.0649. The van der Waals surface area contributed by atoms with Crippen molar-refractivity contribution in [3.05, 3.63) is 66.0 Å². The van der Waals surface area contributed by atoms with E-state index in [-0.39, 0.29) is 24.4 Å². The normalized spacial score (nSPS) is 17.7.